The summed E-state index contributed by atoms with van der Waals surface area (Å²) >= 11 is 0. The number of hydrogen-bond donors (Lipinski definition) is 0. The van der Waals surface area contributed by atoms with E-state index in [4.69, 9.17) is 14.4 Å². The van der Waals surface area contributed by atoms with Crippen LogP contribution in [0.4, 0.5) is 0 Å². The fourth-order valence-corrected chi connectivity index (χ4v) is 8.06. The zero-order chi connectivity index (χ0) is 24.0. The van der Waals surface area contributed by atoms with Crippen molar-refractivity contribution in [1.82, 2.24) is 9.97 Å². The Morgan fingerprint density at radius 3 is 2.35 bits per heavy atom. The zero-order valence-electron chi connectivity index (χ0n) is 21.2. The van der Waals surface area contributed by atoms with Crippen molar-refractivity contribution in [2.24, 2.45) is 0 Å². The molecule has 0 spiro atoms. The Kier molecular flexibility index (Phi) is 4.30. The smallest absolute Gasteiger partial charge is 0.180 e. The average Bonchev–Trinajstić information content (AvgIpc) is 3.23. The maximum atomic E-state index is 6.73. The van der Waals surface area contributed by atoms with Crippen LogP contribution in [-0.4, -0.2) is 18.0 Å². The molecular formula is C30H32N2OSi. The van der Waals surface area contributed by atoms with E-state index in [1.807, 2.05) is 0 Å². The van der Waals surface area contributed by atoms with Gasteiger partial charge in [-0.3, -0.25) is 0 Å². The van der Waals surface area contributed by atoms with Crippen molar-refractivity contribution in [1.29, 1.82) is 0 Å². The van der Waals surface area contributed by atoms with Crippen LogP contribution in [-0.2, 0) is 10.8 Å². The summed E-state index contributed by atoms with van der Waals surface area (Å²) in [5, 5.41) is 5.15. The molecule has 3 aromatic carbocycles. The predicted octanol–water partition coefficient (Wildman–Crippen LogP) is 7.70. The van der Waals surface area contributed by atoms with E-state index >= 15 is 0 Å². The number of rotatable bonds is 2. The number of fused-ring (bicyclic) bond motifs is 6. The maximum Gasteiger partial charge on any atom is 0.180 e. The predicted molar refractivity (Wildman–Crippen MR) is 146 cm³/mol. The van der Waals surface area contributed by atoms with Gasteiger partial charge in [-0.2, -0.15) is 0 Å². The second-order valence-corrected chi connectivity index (χ2v) is 17.3. The molecule has 172 valence electrons. The van der Waals surface area contributed by atoms with E-state index in [0.717, 1.165) is 39.7 Å². The molecule has 0 N–H and O–H groups in total. The Bertz CT molecular complexity index is 1620. The second-order valence-electron chi connectivity index (χ2n) is 12.3. The summed E-state index contributed by atoms with van der Waals surface area (Å²) in [6.07, 6.45) is 2.80. The Hall–Kier alpha value is -2.98. The van der Waals surface area contributed by atoms with Crippen molar-refractivity contribution in [2.45, 2.75) is 64.6 Å². The molecule has 3 nitrogen and oxygen atoms in total. The van der Waals surface area contributed by atoms with Gasteiger partial charge in [0.15, 0.2) is 5.58 Å². The third kappa shape index (κ3) is 3.01. The zero-order valence-corrected chi connectivity index (χ0v) is 22.2. The van der Waals surface area contributed by atoms with Crippen molar-refractivity contribution >= 4 is 46.1 Å². The van der Waals surface area contributed by atoms with Crippen molar-refractivity contribution in [3.05, 3.63) is 66.0 Å². The lowest BCUT2D eigenvalue weighted by atomic mass is 9.82. The minimum absolute atomic E-state index is 0.0494. The van der Waals surface area contributed by atoms with Crippen molar-refractivity contribution in [3.63, 3.8) is 0 Å². The highest BCUT2D eigenvalue weighted by Gasteiger charge is 2.44. The van der Waals surface area contributed by atoms with Crippen LogP contribution in [0.25, 0.3) is 44.1 Å². The molecule has 0 saturated heterocycles. The summed E-state index contributed by atoms with van der Waals surface area (Å²) in [5.41, 5.74) is 7.59. The lowest BCUT2D eigenvalue weighted by Gasteiger charge is -2.22. The van der Waals surface area contributed by atoms with Gasteiger partial charge in [0.25, 0.3) is 0 Å². The second kappa shape index (κ2) is 6.79. The minimum Gasteiger partial charge on any atom is -0.452 e. The molecule has 5 aromatic rings. The van der Waals surface area contributed by atoms with Gasteiger partial charge in [-0.15, -0.1) is 0 Å². The first-order valence-electron chi connectivity index (χ1n) is 12.2. The van der Waals surface area contributed by atoms with Crippen LogP contribution in [0.1, 0.15) is 45.2 Å². The summed E-state index contributed by atoms with van der Waals surface area (Å²) in [7, 11) is -1.58. The number of furan rings is 1. The fraction of sp³-hybridized carbons (Fsp3) is 0.333. The van der Waals surface area contributed by atoms with Crippen LogP contribution in [0.2, 0.25) is 19.6 Å². The molecule has 0 amide bonds. The molecule has 0 aliphatic heterocycles. The lowest BCUT2D eigenvalue weighted by Crippen LogP contribution is -2.38. The highest BCUT2D eigenvalue weighted by Crippen LogP contribution is 2.53. The highest BCUT2D eigenvalue weighted by atomic mass is 28.3. The van der Waals surface area contributed by atoms with Gasteiger partial charge in [-0.1, -0.05) is 88.9 Å². The van der Waals surface area contributed by atoms with Gasteiger partial charge in [-0.25, -0.2) is 9.97 Å². The Morgan fingerprint density at radius 1 is 0.824 bits per heavy atom. The van der Waals surface area contributed by atoms with Gasteiger partial charge in [0.2, 0.25) is 0 Å². The van der Waals surface area contributed by atoms with E-state index in [1.165, 1.54) is 27.1 Å². The Balaban J connectivity index is 1.68. The molecule has 0 fully saturated rings. The first-order valence-corrected chi connectivity index (χ1v) is 15.7. The van der Waals surface area contributed by atoms with E-state index in [2.05, 4.69) is 95.9 Å². The van der Waals surface area contributed by atoms with Gasteiger partial charge < -0.3 is 4.42 Å². The summed E-state index contributed by atoms with van der Waals surface area (Å²) in [5.74, 6) is 0. The van der Waals surface area contributed by atoms with E-state index in [-0.39, 0.29) is 10.8 Å². The normalized spacial score (nSPS) is 17.0. The van der Waals surface area contributed by atoms with Crippen LogP contribution < -0.4 is 5.19 Å². The average molecular weight is 465 g/mol. The number of hydrogen-bond acceptors (Lipinski definition) is 3. The summed E-state index contributed by atoms with van der Waals surface area (Å²) in [6.45, 7) is 16.6. The van der Waals surface area contributed by atoms with Crippen LogP contribution in [0.3, 0.4) is 0 Å². The SMILES string of the molecule is CC1(C)CC(C)(C)c2c1ccc1c2oc2c(-c3cc([Si](C)(C)C)c4ccccc4c3)ncnc21. The maximum absolute atomic E-state index is 6.73. The molecule has 0 bridgehead atoms. The molecule has 0 atom stereocenters. The van der Waals surface area contributed by atoms with Crippen molar-refractivity contribution in [2.75, 3.05) is 0 Å². The topological polar surface area (TPSA) is 38.9 Å². The van der Waals surface area contributed by atoms with Gasteiger partial charge >= 0.3 is 0 Å². The molecule has 6 rings (SSSR count). The van der Waals surface area contributed by atoms with Crippen LogP contribution in [0, 0.1) is 0 Å². The molecule has 1 aliphatic carbocycles. The molecule has 2 heterocycles. The number of nitrogens with zero attached hydrogens (tertiary/aromatic N) is 2. The standard InChI is InChI=1S/C30H32N2OSi/c1-29(2)16-30(3,4)24-22(29)13-12-21-26-28(33-27(21)24)25(31-17-32-26)19-14-18-10-8-9-11-20(18)23(15-19)34(5,6)7/h8-15,17H,16H2,1-7H3. The largest absolute Gasteiger partial charge is 0.452 e. The minimum atomic E-state index is -1.58. The summed E-state index contributed by atoms with van der Waals surface area (Å²) in [4.78, 5) is 9.47. The third-order valence-electron chi connectivity index (χ3n) is 7.65. The molecule has 0 saturated carbocycles. The fourth-order valence-electron chi connectivity index (χ4n) is 6.44. The first kappa shape index (κ1) is 21.5. The van der Waals surface area contributed by atoms with E-state index in [1.54, 1.807) is 6.33 Å². The molecule has 4 heteroatoms. The summed E-state index contributed by atoms with van der Waals surface area (Å²) in [6, 6.07) is 17.8. The molecule has 0 unspecified atom stereocenters. The highest BCUT2D eigenvalue weighted by molar-refractivity contribution is 6.90. The van der Waals surface area contributed by atoms with E-state index in [0.29, 0.717) is 0 Å². The van der Waals surface area contributed by atoms with Crippen molar-refractivity contribution in [3.8, 4) is 11.3 Å². The van der Waals surface area contributed by atoms with Crippen LogP contribution >= 0.6 is 0 Å². The number of benzene rings is 3. The third-order valence-corrected chi connectivity index (χ3v) is 9.68. The Labute approximate surface area is 202 Å². The van der Waals surface area contributed by atoms with E-state index < -0.39 is 8.07 Å². The monoisotopic (exact) mass is 464 g/mol. The van der Waals surface area contributed by atoms with Crippen LogP contribution in [0.5, 0.6) is 0 Å². The first-order chi connectivity index (χ1) is 16.0. The molecule has 1 aliphatic rings. The molecule has 2 aromatic heterocycles. The Morgan fingerprint density at radius 2 is 1.59 bits per heavy atom. The van der Waals surface area contributed by atoms with E-state index in [9.17, 15) is 0 Å². The quantitative estimate of drug-likeness (QED) is 0.251. The van der Waals surface area contributed by atoms with Crippen molar-refractivity contribution < 1.29 is 4.42 Å². The summed E-state index contributed by atoms with van der Waals surface area (Å²) < 4.78 is 6.73. The van der Waals surface area contributed by atoms with Crippen LogP contribution in [0.15, 0.2) is 59.3 Å². The van der Waals surface area contributed by atoms with Gasteiger partial charge in [0.05, 0.1) is 8.07 Å². The lowest BCUT2D eigenvalue weighted by molar-refractivity contribution is 0.402. The number of aromatic nitrogens is 2. The van der Waals surface area contributed by atoms with Gasteiger partial charge in [0.1, 0.15) is 23.1 Å². The molecule has 0 radical (unpaired) electrons. The van der Waals surface area contributed by atoms with Gasteiger partial charge in [0, 0.05) is 16.5 Å². The molecular weight excluding hydrogens is 432 g/mol. The van der Waals surface area contributed by atoms with Gasteiger partial charge in [-0.05, 0) is 45.7 Å². The molecule has 34 heavy (non-hydrogen) atoms.